The molecule has 0 bridgehead atoms. The largest absolute Gasteiger partial charge is 0.378 e. The van der Waals surface area contributed by atoms with Crippen molar-refractivity contribution in [3.8, 4) is 0 Å². The lowest BCUT2D eigenvalue weighted by molar-refractivity contribution is -0.0263. The van der Waals surface area contributed by atoms with Crippen molar-refractivity contribution < 1.29 is 4.74 Å². The Kier molecular flexibility index (Phi) is 1.90. The second-order valence-electron chi connectivity index (χ2n) is 4.08. The van der Waals surface area contributed by atoms with Gasteiger partial charge in [-0.3, -0.25) is 0 Å². The van der Waals surface area contributed by atoms with Gasteiger partial charge >= 0.3 is 0 Å². The molecule has 2 heteroatoms. The molecule has 0 spiro atoms. The zero-order valence-electron chi connectivity index (χ0n) is 7.34. The Hall–Kier alpha value is -0.0800. The van der Waals surface area contributed by atoms with Crippen LogP contribution < -0.4 is 5.32 Å². The molecule has 0 aromatic rings. The Balaban J connectivity index is 1.71. The number of nitrogens with one attached hydrogen (secondary N) is 1. The molecule has 3 atom stereocenters. The van der Waals surface area contributed by atoms with Crippen LogP contribution in [0.1, 0.15) is 20.3 Å². The van der Waals surface area contributed by atoms with Crippen LogP contribution in [0.2, 0.25) is 0 Å². The molecule has 2 aliphatic rings. The third-order valence-corrected chi connectivity index (χ3v) is 3.25. The summed E-state index contributed by atoms with van der Waals surface area (Å²) in [5.74, 6) is 1.80. The van der Waals surface area contributed by atoms with Gasteiger partial charge in [0, 0.05) is 6.04 Å². The van der Waals surface area contributed by atoms with Crippen molar-refractivity contribution in [2.45, 2.75) is 32.4 Å². The summed E-state index contributed by atoms with van der Waals surface area (Å²) >= 11 is 0. The average Bonchev–Trinajstić information content (AvgIpc) is 1.93. The van der Waals surface area contributed by atoms with Crippen molar-refractivity contribution in [2.24, 2.45) is 11.8 Å². The van der Waals surface area contributed by atoms with Crippen LogP contribution in [0.5, 0.6) is 0 Å². The molecule has 1 aliphatic heterocycles. The summed E-state index contributed by atoms with van der Waals surface area (Å²) in [5.41, 5.74) is 0. The van der Waals surface area contributed by atoms with Crippen molar-refractivity contribution in [2.75, 3.05) is 13.2 Å². The van der Waals surface area contributed by atoms with Gasteiger partial charge in [-0.05, 0) is 18.3 Å². The maximum atomic E-state index is 5.10. The highest BCUT2D eigenvalue weighted by molar-refractivity contribution is 4.92. The van der Waals surface area contributed by atoms with Crippen molar-refractivity contribution in [1.29, 1.82) is 0 Å². The lowest BCUT2D eigenvalue weighted by Gasteiger charge is -2.44. The van der Waals surface area contributed by atoms with Crippen LogP contribution in [0, 0.1) is 11.8 Å². The van der Waals surface area contributed by atoms with Crippen molar-refractivity contribution >= 4 is 0 Å². The molecular formula is C9H17NO. The molecule has 0 radical (unpaired) electrons. The first-order valence-corrected chi connectivity index (χ1v) is 4.61. The van der Waals surface area contributed by atoms with Gasteiger partial charge in [-0.2, -0.15) is 0 Å². The summed E-state index contributed by atoms with van der Waals surface area (Å²) in [7, 11) is 0. The van der Waals surface area contributed by atoms with Crippen LogP contribution in [0.15, 0.2) is 0 Å². The lowest BCUT2D eigenvalue weighted by atomic mass is 9.71. The van der Waals surface area contributed by atoms with Crippen LogP contribution in [-0.4, -0.2) is 25.3 Å². The molecule has 1 saturated heterocycles. The highest BCUT2D eigenvalue weighted by Gasteiger charge is 2.36. The molecule has 2 rings (SSSR count). The number of ether oxygens (including phenoxy) is 1. The summed E-state index contributed by atoms with van der Waals surface area (Å²) in [5, 5.41) is 3.61. The molecule has 0 amide bonds. The third kappa shape index (κ3) is 1.30. The van der Waals surface area contributed by atoms with Crippen molar-refractivity contribution in [1.82, 2.24) is 5.32 Å². The molecule has 1 aliphatic carbocycles. The fourth-order valence-electron chi connectivity index (χ4n) is 1.89. The van der Waals surface area contributed by atoms with Gasteiger partial charge in [0.15, 0.2) is 0 Å². The standard InChI is InChI=1S/C9H17NO/c1-6-3-9(7(6)2)10-8-4-11-5-8/h6-10H,3-5H2,1-2H3. The fourth-order valence-corrected chi connectivity index (χ4v) is 1.89. The van der Waals surface area contributed by atoms with Crippen molar-refractivity contribution in [3.05, 3.63) is 0 Å². The van der Waals surface area contributed by atoms with Crippen LogP contribution >= 0.6 is 0 Å². The smallest absolute Gasteiger partial charge is 0.0643 e. The Morgan fingerprint density at radius 1 is 1.27 bits per heavy atom. The van der Waals surface area contributed by atoms with Crippen LogP contribution in [-0.2, 0) is 4.74 Å². The number of hydrogen-bond acceptors (Lipinski definition) is 2. The normalized spacial score (nSPS) is 44.7. The highest BCUT2D eigenvalue weighted by Crippen LogP contribution is 2.34. The molecular weight excluding hydrogens is 138 g/mol. The van der Waals surface area contributed by atoms with E-state index in [2.05, 4.69) is 19.2 Å². The first kappa shape index (κ1) is 7.56. The summed E-state index contributed by atoms with van der Waals surface area (Å²) < 4.78 is 5.10. The first-order chi connectivity index (χ1) is 5.27. The van der Waals surface area contributed by atoms with E-state index in [1.165, 1.54) is 6.42 Å². The molecule has 0 aromatic carbocycles. The summed E-state index contributed by atoms with van der Waals surface area (Å²) in [6.07, 6.45) is 1.36. The predicted molar refractivity (Wildman–Crippen MR) is 44.5 cm³/mol. The lowest BCUT2D eigenvalue weighted by Crippen LogP contribution is -2.57. The van der Waals surface area contributed by atoms with Gasteiger partial charge < -0.3 is 10.1 Å². The molecule has 1 heterocycles. The van der Waals surface area contributed by atoms with Gasteiger partial charge in [0.1, 0.15) is 0 Å². The summed E-state index contributed by atoms with van der Waals surface area (Å²) in [4.78, 5) is 0. The molecule has 1 N–H and O–H groups in total. The minimum Gasteiger partial charge on any atom is -0.378 e. The van der Waals surface area contributed by atoms with Gasteiger partial charge in [0.05, 0.1) is 19.3 Å². The molecule has 0 aromatic heterocycles. The Labute approximate surface area is 68.3 Å². The SMILES string of the molecule is CC1CC(NC2COC2)C1C. The molecule has 3 unspecified atom stereocenters. The maximum absolute atomic E-state index is 5.10. The second kappa shape index (κ2) is 2.76. The molecule has 64 valence electrons. The van der Waals surface area contributed by atoms with Gasteiger partial charge in [-0.1, -0.05) is 13.8 Å². The van der Waals surface area contributed by atoms with E-state index in [9.17, 15) is 0 Å². The third-order valence-electron chi connectivity index (χ3n) is 3.25. The van der Waals surface area contributed by atoms with Crippen LogP contribution in [0.25, 0.3) is 0 Å². The van der Waals surface area contributed by atoms with E-state index in [4.69, 9.17) is 4.74 Å². The number of hydrogen-bond donors (Lipinski definition) is 1. The van der Waals surface area contributed by atoms with Crippen molar-refractivity contribution in [3.63, 3.8) is 0 Å². The second-order valence-corrected chi connectivity index (χ2v) is 4.08. The van der Waals surface area contributed by atoms with E-state index < -0.39 is 0 Å². The predicted octanol–water partition coefficient (Wildman–Crippen LogP) is 1.02. The Morgan fingerprint density at radius 2 is 2.00 bits per heavy atom. The minimum absolute atomic E-state index is 0.662. The zero-order chi connectivity index (χ0) is 7.84. The van der Waals surface area contributed by atoms with Crippen LogP contribution in [0.3, 0.4) is 0 Å². The summed E-state index contributed by atoms with van der Waals surface area (Å²) in [6.45, 7) is 6.53. The molecule has 2 fully saturated rings. The Morgan fingerprint density at radius 3 is 2.36 bits per heavy atom. The monoisotopic (exact) mass is 155 g/mol. The van der Waals surface area contributed by atoms with Crippen LogP contribution in [0.4, 0.5) is 0 Å². The minimum atomic E-state index is 0.662. The Bertz CT molecular complexity index is 144. The summed E-state index contributed by atoms with van der Waals surface area (Å²) in [6, 6.07) is 1.44. The number of rotatable bonds is 2. The van der Waals surface area contributed by atoms with E-state index in [-0.39, 0.29) is 0 Å². The fraction of sp³-hybridized carbons (Fsp3) is 1.00. The maximum Gasteiger partial charge on any atom is 0.0643 e. The highest BCUT2D eigenvalue weighted by atomic mass is 16.5. The quantitative estimate of drug-likeness (QED) is 0.643. The first-order valence-electron chi connectivity index (χ1n) is 4.61. The molecule has 11 heavy (non-hydrogen) atoms. The molecule has 1 saturated carbocycles. The topological polar surface area (TPSA) is 21.3 Å². The zero-order valence-corrected chi connectivity index (χ0v) is 7.34. The van der Waals surface area contributed by atoms with Gasteiger partial charge in [-0.25, -0.2) is 0 Å². The van der Waals surface area contributed by atoms with Gasteiger partial charge in [0.2, 0.25) is 0 Å². The van der Waals surface area contributed by atoms with E-state index >= 15 is 0 Å². The van der Waals surface area contributed by atoms with Gasteiger partial charge in [-0.15, -0.1) is 0 Å². The van der Waals surface area contributed by atoms with E-state index in [1.807, 2.05) is 0 Å². The van der Waals surface area contributed by atoms with E-state index in [1.54, 1.807) is 0 Å². The van der Waals surface area contributed by atoms with Gasteiger partial charge in [0.25, 0.3) is 0 Å². The average molecular weight is 155 g/mol. The van der Waals surface area contributed by atoms with E-state index in [0.717, 1.165) is 31.1 Å². The molecule has 2 nitrogen and oxygen atoms in total. The van der Waals surface area contributed by atoms with E-state index in [0.29, 0.717) is 6.04 Å².